The smallest absolute Gasteiger partial charge is 0.192 e. The average Bonchev–Trinajstić information content (AvgIpc) is 2.80. The normalized spacial score (nSPS) is 16.1. The molecule has 3 N–H and O–H groups in total. The molecule has 39 heavy (non-hydrogen) atoms. The van der Waals surface area contributed by atoms with Crippen LogP contribution in [0.3, 0.4) is 0 Å². The highest BCUT2D eigenvalue weighted by Gasteiger charge is 2.42. The SMILES string of the molecule is COc1cc(N)c(OC)c(CC/C=C(\C)[C@H](O)[C@@H](C)[C@H](CCO[Si](C)(C)C(C)(C)C)O[Si](C)(C)C(C)(C)C)c1. The number of rotatable bonds is 14. The molecule has 8 heteroatoms. The van der Waals surface area contributed by atoms with Crippen LogP contribution in [0.25, 0.3) is 0 Å². The van der Waals surface area contributed by atoms with Crippen LogP contribution in [0.4, 0.5) is 5.69 Å². The third-order valence-corrected chi connectivity index (χ3v) is 18.0. The van der Waals surface area contributed by atoms with Crippen LogP contribution >= 0.6 is 0 Å². The Kier molecular flexibility index (Phi) is 12.8. The first-order valence-corrected chi connectivity index (χ1v) is 20.2. The van der Waals surface area contributed by atoms with Crippen LogP contribution in [0.15, 0.2) is 23.8 Å². The van der Waals surface area contributed by atoms with Crippen LogP contribution in [0, 0.1) is 5.92 Å². The summed E-state index contributed by atoms with van der Waals surface area (Å²) in [6.45, 7) is 27.5. The van der Waals surface area contributed by atoms with Crippen molar-refractivity contribution in [2.75, 3.05) is 26.6 Å². The number of anilines is 1. The summed E-state index contributed by atoms with van der Waals surface area (Å²) in [7, 11) is -0.655. The fraction of sp³-hybridized carbons (Fsp3) is 0.742. The second kappa shape index (κ2) is 14.0. The van der Waals surface area contributed by atoms with Gasteiger partial charge in [0.15, 0.2) is 16.6 Å². The first-order chi connectivity index (χ1) is 17.7. The molecule has 0 bridgehead atoms. The molecular weight excluding hydrogens is 523 g/mol. The van der Waals surface area contributed by atoms with Crippen molar-refractivity contribution in [3.05, 3.63) is 29.3 Å². The van der Waals surface area contributed by atoms with Crippen molar-refractivity contribution in [3.8, 4) is 11.5 Å². The Morgan fingerprint density at radius 1 is 0.974 bits per heavy atom. The number of hydrogen-bond acceptors (Lipinski definition) is 6. The van der Waals surface area contributed by atoms with Gasteiger partial charge in [-0.3, -0.25) is 0 Å². The van der Waals surface area contributed by atoms with E-state index in [1.165, 1.54) is 0 Å². The molecule has 0 saturated carbocycles. The van der Waals surface area contributed by atoms with Crippen molar-refractivity contribution in [1.29, 1.82) is 0 Å². The number of methoxy groups -OCH3 is 2. The monoisotopic (exact) mass is 581 g/mol. The van der Waals surface area contributed by atoms with Crippen molar-refractivity contribution in [3.63, 3.8) is 0 Å². The van der Waals surface area contributed by atoms with Gasteiger partial charge in [0.05, 0.1) is 32.1 Å². The molecule has 0 radical (unpaired) electrons. The number of benzene rings is 1. The molecule has 6 nitrogen and oxygen atoms in total. The second-order valence-corrected chi connectivity index (χ2v) is 23.6. The molecule has 0 aromatic heterocycles. The molecule has 0 saturated heterocycles. The summed E-state index contributed by atoms with van der Waals surface area (Å²) in [4.78, 5) is 0. The Labute approximate surface area is 241 Å². The molecule has 226 valence electrons. The molecule has 0 aliphatic heterocycles. The predicted molar refractivity (Wildman–Crippen MR) is 171 cm³/mol. The largest absolute Gasteiger partial charge is 0.497 e. The lowest BCUT2D eigenvalue weighted by Gasteiger charge is -2.42. The molecule has 0 aliphatic rings. The summed E-state index contributed by atoms with van der Waals surface area (Å²) in [5.41, 5.74) is 8.65. The van der Waals surface area contributed by atoms with Gasteiger partial charge in [-0.25, -0.2) is 0 Å². The van der Waals surface area contributed by atoms with Gasteiger partial charge >= 0.3 is 0 Å². The number of allylic oxidation sites excluding steroid dienone is 1. The first kappa shape index (κ1) is 35.7. The van der Waals surface area contributed by atoms with Crippen molar-refractivity contribution >= 4 is 22.3 Å². The number of nitrogen functional groups attached to an aromatic ring is 1. The van der Waals surface area contributed by atoms with Crippen LogP contribution in [0.1, 0.15) is 73.8 Å². The van der Waals surface area contributed by atoms with E-state index in [-0.39, 0.29) is 22.1 Å². The van der Waals surface area contributed by atoms with E-state index >= 15 is 0 Å². The third kappa shape index (κ3) is 9.92. The Balaban J connectivity index is 3.07. The van der Waals surface area contributed by atoms with E-state index in [0.717, 1.165) is 30.4 Å². The van der Waals surface area contributed by atoms with Gasteiger partial charge in [0.1, 0.15) is 11.5 Å². The molecule has 0 amide bonds. The van der Waals surface area contributed by atoms with Crippen molar-refractivity contribution in [1.82, 2.24) is 0 Å². The zero-order valence-corrected chi connectivity index (χ0v) is 29.5. The van der Waals surface area contributed by atoms with Crippen molar-refractivity contribution < 1.29 is 23.4 Å². The third-order valence-electron chi connectivity index (χ3n) is 8.96. The van der Waals surface area contributed by atoms with Crippen molar-refractivity contribution in [2.45, 2.75) is 123 Å². The summed E-state index contributed by atoms with van der Waals surface area (Å²) in [6, 6.07) is 3.73. The standard InChI is InChI=1S/C31H59NO5Si2/c1-22(16-15-17-24-20-25(34-9)21-26(32)29(24)35-10)28(33)23(2)27(37-39(13,14)31(6,7)8)18-19-36-38(11,12)30(3,4)5/h16,20-21,23,27-28,33H,15,17-19,32H2,1-14H3/b22-16+/t23-,27-,28-/m0/s1. The van der Waals surface area contributed by atoms with Crippen molar-refractivity contribution in [2.24, 2.45) is 5.92 Å². The molecule has 0 fully saturated rings. The molecule has 1 rings (SSSR count). The summed E-state index contributed by atoms with van der Waals surface area (Å²) in [6.07, 6.45) is 3.67. The Hall–Kier alpha value is -1.33. The summed E-state index contributed by atoms with van der Waals surface area (Å²) < 4.78 is 24.4. The number of hydrogen-bond donors (Lipinski definition) is 2. The number of aryl methyl sites for hydroxylation is 1. The number of ether oxygens (including phenoxy) is 2. The van der Waals surface area contributed by atoms with Gasteiger partial charge in [-0.15, -0.1) is 0 Å². The van der Waals surface area contributed by atoms with Crippen LogP contribution < -0.4 is 15.2 Å². The predicted octanol–water partition coefficient (Wildman–Crippen LogP) is 7.96. The van der Waals surface area contributed by atoms with Crippen LogP contribution in [0.2, 0.25) is 36.3 Å². The van der Waals surface area contributed by atoms with Crippen LogP contribution in [0.5, 0.6) is 11.5 Å². The fourth-order valence-electron chi connectivity index (χ4n) is 4.06. The highest BCUT2D eigenvalue weighted by Crippen LogP contribution is 2.40. The molecule has 1 aromatic rings. The molecule has 1 aromatic carbocycles. The lowest BCUT2D eigenvalue weighted by molar-refractivity contribution is 0.0332. The highest BCUT2D eigenvalue weighted by atomic mass is 28.4. The van der Waals surface area contributed by atoms with E-state index in [4.69, 9.17) is 24.1 Å². The maximum atomic E-state index is 11.4. The minimum atomic E-state index is -2.05. The minimum Gasteiger partial charge on any atom is -0.497 e. The molecule has 0 heterocycles. The van der Waals surface area contributed by atoms with Gasteiger partial charge < -0.3 is 29.2 Å². The molecule has 3 atom stereocenters. The van der Waals surface area contributed by atoms with E-state index in [9.17, 15) is 5.11 Å². The topological polar surface area (TPSA) is 83.2 Å². The van der Waals surface area contributed by atoms with Gasteiger partial charge in [-0.1, -0.05) is 54.5 Å². The van der Waals surface area contributed by atoms with E-state index in [2.05, 4.69) is 80.7 Å². The average molecular weight is 582 g/mol. The van der Waals surface area contributed by atoms with Gasteiger partial charge in [0.25, 0.3) is 0 Å². The van der Waals surface area contributed by atoms with Gasteiger partial charge in [-0.05, 0) is 74.1 Å². The van der Waals surface area contributed by atoms with E-state index in [1.807, 2.05) is 13.0 Å². The summed E-state index contributed by atoms with van der Waals surface area (Å²) >= 11 is 0. The van der Waals surface area contributed by atoms with E-state index in [1.54, 1.807) is 20.3 Å². The second-order valence-electron chi connectivity index (χ2n) is 14.0. The Bertz CT molecular complexity index is 948. The summed E-state index contributed by atoms with van der Waals surface area (Å²) in [5, 5.41) is 11.7. The lowest BCUT2D eigenvalue weighted by atomic mass is 9.91. The lowest BCUT2D eigenvalue weighted by Crippen LogP contribution is -2.48. The molecule has 0 spiro atoms. The van der Waals surface area contributed by atoms with Crippen LogP contribution in [-0.2, 0) is 15.3 Å². The minimum absolute atomic E-state index is 0.0691. The van der Waals surface area contributed by atoms with Gasteiger partial charge in [-0.2, -0.15) is 0 Å². The molecule has 0 unspecified atom stereocenters. The zero-order chi connectivity index (χ0) is 30.4. The van der Waals surface area contributed by atoms with Crippen LogP contribution in [-0.4, -0.2) is 54.8 Å². The van der Waals surface area contributed by atoms with E-state index < -0.39 is 22.7 Å². The Morgan fingerprint density at radius 3 is 2.03 bits per heavy atom. The van der Waals surface area contributed by atoms with E-state index in [0.29, 0.717) is 23.8 Å². The maximum absolute atomic E-state index is 11.4. The molecule has 0 aliphatic carbocycles. The highest BCUT2D eigenvalue weighted by molar-refractivity contribution is 6.74. The van der Waals surface area contributed by atoms with Gasteiger partial charge in [0, 0.05) is 24.2 Å². The summed E-state index contributed by atoms with van der Waals surface area (Å²) in [5.74, 6) is 1.32. The number of nitrogens with two attached hydrogens (primary N) is 1. The number of aliphatic hydroxyl groups is 1. The maximum Gasteiger partial charge on any atom is 0.192 e. The number of aliphatic hydroxyl groups excluding tert-OH is 1. The fourth-order valence-corrected chi connectivity index (χ4v) is 6.56. The van der Waals surface area contributed by atoms with Gasteiger partial charge in [0.2, 0.25) is 0 Å². The Morgan fingerprint density at radius 2 is 1.54 bits per heavy atom. The molecular formula is C31H59NO5Si2. The quantitative estimate of drug-likeness (QED) is 0.132. The first-order valence-electron chi connectivity index (χ1n) is 14.4. The zero-order valence-electron chi connectivity index (χ0n) is 27.5.